The van der Waals surface area contributed by atoms with Gasteiger partial charge in [0.2, 0.25) is 0 Å². The Kier molecular flexibility index (Phi) is 6.26. The molecule has 0 saturated heterocycles. The summed E-state index contributed by atoms with van der Waals surface area (Å²) in [5, 5.41) is 39.8. The van der Waals surface area contributed by atoms with Crippen LogP contribution in [0.2, 0.25) is 0 Å². The minimum atomic E-state index is -1.22. The fraction of sp³-hybridized carbons (Fsp3) is 0.500. The predicted octanol–water partition coefficient (Wildman–Crippen LogP) is -0.862. The molecule has 17 heavy (non-hydrogen) atoms. The van der Waals surface area contributed by atoms with Gasteiger partial charge in [0.15, 0.2) is 0 Å². The normalized spacial score (nSPS) is 12.8. The lowest BCUT2D eigenvalue weighted by atomic mass is 10.2. The van der Waals surface area contributed by atoms with Crippen molar-refractivity contribution in [3.63, 3.8) is 0 Å². The van der Waals surface area contributed by atoms with Gasteiger partial charge in [0.1, 0.15) is 11.4 Å². The first-order valence-electron chi connectivity index (χ1n) is 4.46. The summed E-state index contributed by atoms with van der Waals surface area (Å²) in [6.45, 7) is -0.00613. The van der Waals surface area contributed by atoms with E-state index >= 15 is 0 Å². The molecule has 0 spiro atoms. The third kappa shape index (κ3) is 6.10. The van der Waals surface area contributed by atoms with Gasteiger partial charge in [0.25, 0.3) is 0 Å². The molecular formula is C8H13N3O6. The van der Waals surface area contributed by atoms with Crippen LogP contribution in [0.1, 0.15) is 6.92 Å². The van der Waals surface area contributed by atoms with Gasteiger partial charge >= 0.3 is 11.9 Å². The van der Waals surface area contributed by atoms with Crippen molar-refractivity contribution in [2.75, 3.05) is 19.6 Å². The predicted molar refractivity (Wildman–Crippen MR) is 55.8 cm³/mol. The Morgan fingerprint density at radius 1 is 1.00 bits per heavy atom. The molecule has 0 aliphatic rings. The summed E-state index contributed by atoms with van der Waals surface area (Å²) in [6, 6.07) is 0. The van der Waals surface area contributed by atoms with Crippen LogP contribution in [0.25, 0.3) is 0 Å². The minimum Gasteiger partial charge on any atom is -0.480 e. The van der Waals surface area contributed by atoms with E-state index in [2.05, 4.69) is 10.3 Å². The van der Waals surface area contributed by atoms with Crippen molar-refractivity contribution < 1.29 is 30.2 Å². The van der Waals surface area contributed by atoms with Crippen molar-refractivity contribution in [3.05, 3.63) is 0 Å². The van der Waals surface area contributed by atoms with E-state index in [0.29, 0.717) is 0 Å². The van der Waals surface area contributed by atoms with Gasteiger partial charge in [-0.05, 0) is 6.92 Å². The Labute approximate surface area is 96.3 Å². The van der Waals surface area contributed by atoms with Crippen molar-refractivity contribution in [1.82, 2.24) is 4.90 Å². The van der Waals surface area contributed by atoms with Gasteiger partial charge in [-0.15, -0.1) is 0 Å². The number of rotatable bonds is 7. The van der Waals surface area contributed by atoms with Crippen molar-refractivity contribution in [2.45, 2.75) is 6.92 Å². The molecule has 0 unspecified atom stereocenters. The van der Waals surface area contributed by atoms with E-state index < -0.39 is 25.0 Å². The molecule has 0 radical (unpaired) electrons. The number of oxime groups is 2. The number of aliphatic carboxylic acids is 2. The highest BCUT2D eigenvalue weighted by Gasteiger charge is 2.17. The Balaban J connectivity index is 4.71. The maximum Gasteiger partial charge on any atom is 0.317 e. The number of nitrogens with zero attached hydrogens (tertiary/aromatic N) is 3. The van der Waals surface area contributed by atoms with Gasteiger partial charge in [-0.3, -0.25) is 14.5 Å². The van der Waals surface area contributed by atoms with Gasteiger partial charge in [-0.25, -0.2) is 0 Å². The van der Waals surface area contributed by atoms with Crippen LogP contribution in [0.5, 0.6) is 0 Å². The molecule has 0 aromatic heterocycles. The van der Waals surface area contributed by atoms with E-state index in [1.54, 1.807) is 0 Å². The number of hydrogen-bond acceptors (Lipinski definition) is 7. The van der Waals surface area contributed by atoms with Crippen LogP contribution in [-0.4, -0.2) is 68.5 Å². The van der Waals surface area contributed by atoms with E-state index in [0.717, 1.165) is 4.90 Å². The monoisotopic (exact) mass is 247 g/mol. The maximum atomic E-state index is 10.5. The van der Waals surface area contributed by atoms with Gasteiger partial charge in [0.05, 0.1) is 13.1 Å². The fourth-order valence-corrected chi connectivity index (χ4v) is 1.04. The summed E-state index contributed by atoms with van der Waals surface area (Å²) in [7, 11) is 0. The first-order valence-corrected chi connectivity index (χ1v) is 4.46. The van der Waals surface area contributed by atoms with Crippen molar-refractivity contribution >= 4 is 23.4 Å². The zero-order valence-corrected chi connectivity index (χ0v) is 9.07. The van der Waals surface area contributed by atoms with Gasteiger partial charge in [-0.2, -0.15) is 0 Å². The lowest BCUT2D eigenvalue weighted by Crippen LogP contribution is -2.39. The Morgan fingerprint density at radius 2 is 1.47 bits per heavy atom. The van der Waals surface area contributed by atoms with Gasteiger partial charge in [0, 0.05) is 6.54 Å². The van der Waals surface area contributed by atoms with E-state index in [1.807, 2.05) is 0 Å². The van der Waals surface area contributed by atoms with Crippen LogP contribution in [-0.2, 0) is 9.59 Å². The van der Waals surface area contributed by atoms with Crippen LogP contribution in [0.15, 0.2) is 10.3 Å². The first kappa shape index (κ1) is 14.8. The van der Waals surface area contributed by atoms with E-state index in [1.165, 1.54) is 6.92 Å². The molecule has 0 heterocycles. The number of carboxylic acids is 2. The molecule has 0 aliphatic heterocycles. The number of hydrogen-bond donors (Lipinski definition) is 4. The van der Waals surface area contributed by atoms with Crippen LogP contribution < -0.4 is 0 Å². The van der Waals surface area contributed by atoms with Gasteiger partial charge < -0.3 is 20.6 Å². The highest BCUT2D eigenvalue weighted by atomic mass is 16.4. The lowest BCUT2D eigenvalue weighted by Gasteiger charge is -2.17. The summed E-state index contributed by atoms with van der Waals surface area (Å²) in [5.41, 5.74) is -0.150. The summed E-state index contributed by atoms with van der Waals surface area (Å²) < 4.78 is 0. The zero-order chi connectivity index (χ0) is 13.4. The molecule has 9 nitrogen and oxygen atoms in total. The van der Waals surface area contributed by atoms with Crippen molar-refractivity contribution in [2.24, 2.45) is 10.3 Å². The third-order valence-electron chi connectivity index (χ3n) is 1.78. The van der Waals surface area contributed by atoms with E-state index in [4.69, 9.17) is 20.6 Å². The minimum absolute atomic E-state index is 0.0340. The molecule has 4 N–H and O–H groups in total. The summed E-state index contributed by atoms with van der Waals surface area (Å²) in [5.74, 6) is -2.44. The topological polar surface area (TPSA) is 143 Å². The summed E-state index contributed by atoms with van der Waals surface area (Å²) in [6.07, 6.45) is 0. The molecule has 0 aromatic carbocycles. The summed E-state index contributed by atoms with van der Waals surface area (Å²) >= 11 is 0. The van der Waals surface area contributed by atoms with Crippen LogP contribution in [0.3, 0.4) is 0 Å². The van der Waals surface area contributed by atoms with Crippen LogP contribution >= 0.6 is 0 Å². The Hall–Kier alpha value is -2.16. The highest BCUT2D eigenvalue weighted by Crippen LogP contribution is 1.93. The molecule has 0 rings (SSSR count). The first-order chi connectivity index (χ1) is 7.90. The fourth-order valence-electron chi connectivity index (χ4n) is 1.04. The molecule has 0 saturated carbocycles. The third-order valence-corrected chi connectivity index (χ3v) is 1.78. The van der Waals surface area contributed by atoms with E-state index in [9.17, 15) is 9.59 Å². The molecule has 96 valence electrons. The average molecular weight is 247 g/mol. The molecule has 0 atom stereocenters. The lowest BCUT2D eigenvalue weighted by molar-refractivity contribution is -0.141. The Bertz CT molecular complexity index is 335. The Morgan fingerprint density at radius 3 is 1.76 bits per heavy atom. The van der Waals surface area contributed by atoms with Crippen molar-refractivity contribution in [1.29, 1.82) is 0 Å². The second-order valence-electron chi connectivity index (χ2n) is 3.16. The quantitative estimate of drug-likeness (QED) is 0.260. The SMILES string of the molecule is CC(=NO)C(CN(CC(=O)O)CC(=O)O)=NO. The zero-order valence-electron chi connectivity index (χ0n) is 9.07. The van der Waals surface area contributed by atoms with Gasteiger partial charge in [-0.1, -0.05) is 10.3 Å². The molecule has 0 bridgehead atoms. The standard InChI is InChI=1S/C8H13N3O6/c1-5(9-16)6(10-17)2-11(3-7(12)13)4-8(14)15/h16-17H,2-4H2,1H3,(H,12,13)(H,14,15). The average Bonchev–Trinajstić information content (AvgIpc) is 2.22. The molecule has 0 aliphatic carbocycles. The second kappa shape index (κ2) is 7.17. The van der Waals surface area contributed by atoms with Crippen LogP contribution in [0, 0.1) is 0 Å². The van der Waals surface area contributed by atoms with Crippen LogP contribution in [0.4, 0.5) is 0 Å². The van der Waals surface area contributed by atoms with Crippen molar-refractivity contribution in [3.8, 4) is 0 Å². The smallest absolute Gasteiger partial charge is 0.317 e. The molecule has 0 aromatic rings. The molecule has 0 amide bonds. The number of carbonyl (C=O) groups is 2. The largest absolute Gasteiger partial charge is 0.480 e. The molecule has 0 fully saturated rings. The maximum absolute atomic E-state index is 10.5. The molecule has 9 heteroatoms. The highest BCUT2D eigenvalue weighted by molar-refractivity contribution is 6.42. The summed E-state index contributed by atoms with van der Waals surface area (Å²) in [4.78, 5) is 22.0. The number of carboxylic acid groups (broad SMARTS) is 2. The van der Waals surface area contributed by atoms with E-state index in [-0.39, 0.29) is 18.0 Å². The second-order valence-corrected chi connectivity index (χ2v) is 3.16. The molecular weight excluding hydrogens is 234 g/mol.